The normalized spacial score (nSPS) is 11.3. The number of nitrogens with zero attached hydrogens (tertiary/aromatic N) is 2. The van der Waals surface area contributed by atoms with Gasteiger partial charge in [0.15, 0.2) is 0 Å². The summed E-state index contributed by atoms with van der Waals surface area (Å²) >= 11 is 5.98. The lowest BCUT2D eigenvalue weighted by molar-refractivity contribution is 0.0523. The Kier molecular flexibility index (Phi) is 5.80. The van der Waals surface area contributed by atoms with Gasteiger partial charge in [0.2, 0.25) is 5.43 Å². The Labute approximate surface area is 177 Å². The molecule has 2 aromatic heterocycles. The number of ether oxygens (including phenoxy) is 1. The lowest BCUT2D eigenvalue weighted by Crippen LogP contribution is -2.32. The van der Waals surface area contributed by atoms with Gasteiger partial charge in [0, 0.05) is 18.4 Å². The van der Waals surface area contributed by atoms with E-state index in [1.54, 1.807) is 45.0 Å². The molecule has 0 saturated carbocycles. The number of fused-ring (bicyclic) bond motifs is 1. The van der Waals surface area contributed by atoms with Crippen molar-refractivity contribution in [2.75, 3.05) is 0 Å². The number of benzene rings is 1. The second-order valence-corrected chi connectivity index (χ2v) is 7.96. The van der Waals surface area contributed by atoms with Crippen LogP contribution >= 0.6 is 11.6 Å². The van der Waals surface area contributed by atoms with E-state index in [1.807, 2.05) is 0 Å². The van der Waals surface area contributed by atoms with Crippen molar-refractivity contribution in [2.24, 2.45) is 0 Å². The number of hydrogen-bond acceptors (Lipinski definition) is 5. The van der Waals surface area contributed by atoms with Crippen molar-refractivity contribution in [3.63, 3.8) is 0 Å². The minimum absolute atomic E-state index is 0.148. The molecule has 0 spiro atoms. The van der Waals surface area contributed by atoms with Crippen molar-refractivity contribution < 1.29 is 19.4 Å². The number of aromatic nitrogens is 2. The zero-order valence-corrected chi connectivity index (χ0v) is 17.4. The highest BCUT2D eigenvalue weighted by Gasteiger charge is 2.17. The summed E-state index contributed by atoms with van der Waals surface area (Å²) in [5.74, 6) is -1.33. The van der Waals surface area contributed by atoms with Crippen LogP contribution in [0.2, 0.25) is 5.15 Å². The van der Waals surface area contributed by atoms with Crippen LogP contribution in [0.4, 0.5) is 4.79 Å². The highest BCUT2D eigenvalue weighted by atomic mass is 35.5. The number of hydrogen-bond donors (Lipinski definition) is 2. The molecule has 0 aliphatic heterocycles. The molecule has 3 aromatic rings. The quantitative estimate of drug-likeness (QED) is 0.611. The molecule has 1 aromatic carbocycles. The number of halogens is 1. The van der Waals surface area contributed by atoms with Crippen molar-refractivity contribution in [1.82, 2.24) is 14.9 Å². The third-order valence-corrected chi connectivity index (χ3v) is 4.31. The number of aromatic carboxylic acids is 1. The van der Waals surface area contributed by atoms with E-state index in [0.29, 0.717) is 5.69 Å². The molecule has 30 heavy (non-hydrogen) atoms. The Morgan fingerprint density at radius 2 is 1.83 bits per heavy atom. The lowest BCUT2D eigenvalue weighted by Gasteiger charge is -2.19. The van der Waals surface area contributed by atoms with Gasteiger partial charge in [-0.1, -0.05) is 23.7 Å². The number of carboxylic acid groups (broad SMARTS) is 1. The van der Waals surface area contributed by atoms with Crippen LogP contribution in [0.3, 0.4) is 0 Å². The molecule has 0 aliphatic carbocycles. The maximum atomic E-state index is 12.4. The van der Waals surface area contributed by atoms with Gasteiger partial charge in [-0.3, -0.25) is 4.79 Å². The molecular formula is C21H20ClN3O5. The Balaban J connectivity index is 1.93. The maximum Gasteiger partial charge on any atom is 0.407 e. The average molecular weight is 430 g/mol. The second-order valence-electron chi connectivity index (χ2n) is 7.57. The third-order valence-electron chi connectivity index (χ3n) is 4.10. The van der Waals surface area contributed by atoms with Gasteiger partial charge in [0.25, 0.3) is 0 Å². The highest BCUT2D eigenvalue weighted by molar-refractivity contribution is 6.29. The largest absolute Gasteiger partial charge is 0.477 e. The lowest BCUT2D eigenvalue weighted by atomic mass is 10.1. The molecule has 0 fully saturated rings. The van der Waals surface area contributed by atoms with E-state index in [2.05, 4.69) is 10.3 Å². The van der Waals surface area contributed by atoms with Crippen LogP contribution in [0.5, 0.6) is 0 Å². The molecule has 2 heterocycles. The Hall–Kier alpha value is -3.39. The second kappa shape index (κ2) is 8.16. The monoisotopic (exact) mass is 429 g/mol. The Morgan fingerprint density at radius 3 is 2.43 bits per heavy atom. The van der Waals surface area contributed by atoms with E-state index in [-0.39, 0.29) is 28.3 Å². The van der Waals surface area contributed by atoms with Crippen molar-refractivity contribution in [1.29, 1.82) is 0 Å². The summed E-state index contributed by atoms with van der Waals surface area (Å²) in [6.07, 6.45) is 0.701. The van der Waals surface area contributed by atoms with E-state index in [1.165, 1.54) is 22.9 Å². The van der Waals surface area contributed by atoms with Gasteiger partial charge in [0.05, 0.1) is 5.39 Å². The maximum absolute atomic E-state index is 12.4. The molecule has 9 heteroatoms. The highest BCUT2D eigenvalue weighted by Crippen LogP contribution is 2.19. The van der Waals surface area contributed by atoms with Crippen LogP contribution in [-0.4, -0.2) is 32.3 Å². The summed E-state index contributed by atoms with van der Waals surface area (Å²) in [7, 11) is 0. The van der Waals surface area contributed by atoms with Crippen molar-refractivity contribution in [2.45, 2.75) is 32.9 Å². The van der Waals surface area contributed by atoms with Crippen molar-refractivity contribution >= 4 is 34.7 Å². The summed E-state index contributed by atoms with van der Waals surface area (Å²) in [6.45, 7) is 5.59. The first-order valence-corrected chi connectivity index (χ1v) is 9.44. The van der Waals surface area contributed by atoms with Gasteiger partial charge in [0.1, 0.15) is 22.0 Å². The first-order valence-electron chi connectivity index (χ1n) is 9.06. The number of nitrogens with one attached hydrogen (secondary N) is 1. The Bertz CT molecular complexity index is 1180. The van der Waals surface area contributed by atoms with Crippen molar-refractivity contribution in [3.8, 4) is 5.69 Å². The average Bonchev–Trinajstić information content (AvgIpc) is 2.65. The van der Waals surface area contributed by atoms with Gasteiger partial charge in [-0.2, -0.15) is 0 Å². The first kappa shape index (κ1) is 21.3. The summed E-state index contributed by atoms with van der Waals surface area (Å²) in [6, 6.07) is 9.87. The third kappa shape index (κ3) is 4.77. The topological polar surface area (TPSA) is 111 Å². The van der Waals surface area contributed by atoms with Crippen LogP contribution in [-0.2, 0) is 11.3 Å². The van der Waals surface area contributed by atoms with E-state index in [0.717, 1.165) is 5.56 Å². The predicted molar refractivity (Wildman–Crippen MR) is 112 cm³/mol. The van der Waals surface area contributed by atoms with Crippen LogP contribution < -0.4 is 10.7 Å². The summed E-state index contributed by atoms with van der Waals surface area (Å²) in [4.78, 5) is 39.9. The number of rotatable bonds is 4. The summed E-state index contributed by atoms with van der Waals surface area (Å²) < 4.78 is 6.70. The van der Waals surface area contributed by atoms with E-state index >= 15 is 0 Å². The van der Waals surface area contributed by atoms with Gasteiger partial charge < -0.3 is 19.7 Å². The molecule has 3 rings (SSSR count). The molecule has 0 radical (unpaired) electrons. The van der Waals surface area contributed by atoms with Gasteiger partial charge in [-0.05, 0) is 50.6 Å². The number of carbonyl (C=O) groups excluding carboxylic acids is 1. The predicted octanol–water partition coefficient (Wildman–Crippen LogP) is 3.76. The molecule has 156 valence electrons. The zero-order chi connectivity index (χ0) is 22.1. The fraction of sp³-hybridized carbons (Fsp3) is 0.238. The van der Waals surface area contributed by atoms with Gasteiger partial charge >= 0.3 is 12.1 Å². The standard InChI is InChI=1S/C21H20ClN3O5/c1-21(2,3)30-20(29)23-10-12-4-6-13(7-5-12)25-11-15(19(27)28)17(26)14-8-9-16(22)24-18(14)25/h4-9,11H,10H2,1-3H3,(H,23,29)(H,27,28). The molecule has 0 unspecified atom stereocenters. The first-order chi connectivity index (χ1) is 14.0. The minimum atomic E-state index is -1.33. The molecule has 0 aliphatic rings. The molecule has 1 amide bonds. The zero-order valence-electron chi connectivity index (χ0n) is 16.6. The van der Waals surface area contributed by atoms with E-state index in [4.69, 9.17) is 16.3 Å². The van der Waals surface area contributed by atoms with Crippen LogP contribution in [0, 0.1) is 0 Å². The molecule has 0 atom stereocenters. The van der Waals surface area contributed by atoms with Gasteiger partial charge in [-0.15, -0.1) is 0 Å². The summed E-state index contributed by atoms with van der Waals surface area (Å²) in [5.41, 5.74) is 0.0448. The smallest absolute Gasteiger partial charge is 0.407 e. The Morgan fingerprint density at radius 1 is 1.17 bits per heavy atom. The number of amides is 1. The fourth-order valence-corrected chi connectivity index (χ4v) is 2.94. The minimum Gasteiger partial charge on any atom is -0.477 e. The molecule has 0 saturated heterocycles. The van der Waals surface area contributed by atoms with E-state index < -0.39 is 23.1 Å². The fourth-order valence-electron chi connectivity index (χ4n) is 2.79. The van der Waals surface area contributed by atoms with E-state index in [9.17, 15) is 19.5 Å². The molecule has 8 nitrogen and oxygen atoms in total. The van der Waals surface area contributed by atoms with Crippen LogP contribution in [0.15, 0.2) is 47.4 Å². The van der Waals surface area contributed by atoms with Crippen LogP contribution in [0.1, 0.15) is 36.7 Å². The summed E-state index contributed by atoms with van der Waals surface area (Å²) in [5, 5.41) is 12.4. The molecule has 2 N–H and O–H groups in total. The van der Waals surface area contributed by atoms with Crippen LogP contribution in [0.25, 0.3) is 16.7 Å². The van der Waals surface area contributed by atoms with Crippen molar-refractivity contribution in [3.05, 3.63) is 69.1 Å². The molecule has 0 bridgehead atoms. The number of pyridine rings is 2. The SMILES string of the molecule is CC(C)(C)OC(=O)NCc1ccc(-n2cc(C(=O)O)c(=O)c3ccc(Cl)nc32)cc1. The number of alkyl carbamates (subject to hydrolysis) is 1. The number of carboxylic acids is 1. The number of carbonyl (C=O) groups is 2. The van der Waals surface area contributed by atoms with Gasteiger partial charge in [-0.25, -0.2) is 14.6 Å². The molecular weight excluding hydrogens is 410 g/mol.